The molecule has 0 aromatic heterocycles. The van der Waals surface area contributed by atoms with Crippen molar-refractivity contribution in [2.75, 3.05) is 26.2 Å². The van der Waals surface area contributed by atoms with E-state index >= 15 is 0 Å². The number of rotatable bonds is 6. The van der Waals surface area contributed by atoms with Gasteiger partial charge in [0.05, 0.1) is 11.4 Å². The Balaban J connectivity index is 1.35. The van der Waals surface area contributed by atoms with E-state index in [-0.39, 0.29) is 5.78 Å². The van der Waals surface area contributed by atoms with Crippen LogP contribution in [-0.2, 0) is 17.6 Å². The number of ketones is 1. The van der Waals surface area contributed by atoms with Crippen molar-refractivity contribution in [3.8, 4) is 0 Å². The van der Waals surface area contributed by atoms with Crippen LogP contribution in [0.1, 0.15) is 68.2 Å². The van der Waals surface area contributed by atoms with Crippen LogP contribution >= 0.6 is 11.6 Å². The third kappa shape index (κ3) is 5.30. The largest absolute Gasteiger partial charge is 0.298 e. The van der Waals surface area contributed by atoms with Crippen LogP contribution in [0.5, 0.6) is 0 Å². The number of halogens is 1. The van der Waals surface area contributed by atoms with Gasteiger partial charge in [-0.15, -0.1) is 0 Å². The van der Waals surface area contributed by atoms with Crippen molar-refractivity contribution in [2.24, 2.45) is 4.99 Å². The van der Waals surface area contributed by atoms with Gasteiger partial charge >= 0.3 is 0 Å². The van der Waals surface area contributed by atoms with Crippen molar-refractivity contribution >= 4 is 28.8 Å². The Kier molecular flexibility index (Phi) is 7.48. The van der Waals surface area contributed by atoms with Gasteiger partial charge in [-0.3, -0.25) is 14.6 Å². The maximum Gasteiger partial charge on any atom is 0.181 e. The first kappa shape index (κ1) is 23.7. The zero-order valence-electron chi connectivity index (χ0n) is 20.3. The average molecular weight is 478 g/mol. The van der Waals surface area contributed by atoms with Gasteiger partial charge in [-0.05, 0) is 60.6 Å². The van der Waals surface area contributed by atoms with E-state index in [4.69, 9.17) is 16.6 Å². The number of carbonyl (C=O) groups is 1. The van der Waals surface area contributed by atoms with Gasteiger partial charge in [0, 0.05) is 49.7 Å². The summed E-state index contributed by atoms with van der Waals surface area (Å²) in [6, 6.07) is 16.0. The van der Waals surface area contributed by atoms with Gasteiger partial charge in [0.15, 0.2) is 5.78 Å². The molecule has 1 atom stereocenters. The molecule has 0 amide bonds. The Labute approximate surface area is 209 Å². The number of hydrogen-bond donors (Lipinski definition) is 0. The smallest absolute Gasteiger partial charge is 0.181 e. The molecule has 2 aromatic carbocycles. The van der Waals surface area contributed by atoms with Gasteiger partial charge in [0.2, 0.25) is 0 Å². The Morgan fingerprint density at radius 3 is 2.44 bits per heavy atom. The van der Waals surface area contributed by atoms with Crippen LogP contribution in [0.4, 0.5) is 5.69 Å². The van der Waals surface area contributed by atoms with E-state index in [1.165, 1.54) is 43.2 Å². The molecule has 2 heterocycles. The first-order valence-electron chi connectivity index (χ1n) is 13.1. The molecule has 180 valence electrons. The van der Waals surface area contributed by atoms with E-state index in [0.717, 1.165) is 54.9 Å². The molecular weight excluding hydrogens is 442 g/mol. The van der Waals surface area contributed by atoms with Gasteiger partial charge in [-0.2, -0.15) is 0 Å². The zero-order chi connectivity index (χ0) is 23.5. The highest BCUT2D eigenvalue weighted by molar-refractivity contribution is 6.41. The molecule has 34 heavy (non-hydrogen) atoms. The van der Waals surface area contributed by atoms with Crippen LogP contribution in [0.2, 0.25) is 5.02 Å². The molecule has 0 spiro atoms. The number of hydrogen-bond acceptors (Lipinski definition) is 4. The van der Waals surface area contributed by atoms with E-state index in [0.29, 0.717) is 24.6 Å². The molecule has 1 saturated heterocycles. The SMILES string of the molecule is CCC1=Nc2cc(CC(c3ccc(Cl)cc3)N3CCN(C4CCCCC4)CC3)ccc2CC1=O. The fourth-order valence-corrected chi connectivity index (χ4v) is 6.10. The molecule has 0 N–H and O–H groups in total. The van der Waals surface area contributed by atoms with Gasteiger partial charge in [-0.1, -0.05) is 62.1 Å². The lowest BCUT2D eigenvalue weighted by Gasteiger charge is -2.43. The molecule has 4 nitrogen and oxygen atoms in total. The molecule has 3 aliphatic rings. The molecule has 1 saturated carbocycles. The molecular formula is C29H36ClN3O. The van der Waals surface area contributed by atoms with E-state index in [9.17, 15) is 4.79 Å². The zero-order valence-corrected chi connectivity index (χ0v) is 21.1. The first-order chi connectivity index (χ1) is 16.6. The van der Waals surface area contributed by atoms with Crippen LogP contribution in [0.25, 0.3) is 0 Å². The van der Waals surface area contributed by atoms with Crippen molar-refractivity contribution < 1.29 is 4.79 Å². The lowest BCUT2D eigenvalue weighted by Crippen LogP contribution is -2.51. The number of fused-ring (bicyclic) bond motifs is 1. The van der Waals surface area contributed by atoms with Gasteiger partial charge in [0.1, 0.15) is 0 Å². The Hall–Kier alpha value is -2.01. The number of nitrogens with zero attached hydrogens (tertiary/aromatic N) is 3. The molecule has 2 fully saturated rings. The monoisotopic (exact) mass is 477 g/mol. The van der Waals surface area contributed by atoms with Gasteiger partial charge in [-0.25, -0.2) is 4.99 Å². The molecule has 0 bridgehead atoms. The van der Waals surface area contributed by atoms with Crippen molar-refractivity contribution in [1.82, 2.24) is 9.80 Å². The summed E-state index contributed by atoms with van der Waals surface area (Å²) < 4.78 is 0. The first-order valence-corrected chi connectivity index (χ1v) is 13.4. The average Bonchev–Trinajstić information content (AvgIpc) is 2.88. The van der Waals surface area contributed by atoms with Crippen molar-refractivity contribution in [3.05, 3.63) is 64.2 Å². The third-order valence-electron chi connectivity index (χ3n) is 7.98. The fraction of sp³-hybridized carbons (Fsp3) is 0.517. The second-order valence-electron chi connectivity index (χ2n) is 10.1. The summed E-state index contributed by atoms with van der Waals surface area (Å²) in [5, 5.41) is 0.782. The maximum absolute atomic E-state index is 12.3. The van der Waals surface area contributed by atoms with Gasteiger partial charge < -0.3 is 0 Å². The molecule has 2 aromatic rings. The highest BCUT2D eigenvalue weighted by Gasteiger charge is 2.29. The fourth-order valence-electron chi connectivity index (χ4n) is 5.98. The van der Waals surface area contributed by atoms with Crippen molar-refractivity contribution in [2.45, 2.75) is 70.4 Å². The van der Waals surface area contributed by atoms with Crippen molar-refractivity contribution in [1.29, 1.82) is 0 Å². The van der Waals surface area contributed by atoms with Crippen LogP contribution in [-0.4, -0.2) is 53.5 Å². The van der Waals surface area contributed by atoms with Crippen LogP contribution in [0, 0.1) is 0 Å². The lowest BCUT2D eigenvalue weighted by atomic mass is 9.92. The van der Waals surface area contributed by atoms with Crippen LogP contribution < -0.4 is 0 Å². The van der Waals surface area contributed by atoms with E-state index < -0.39 is 0 Å². The summed E-state index contributed by atoms with van der Waals surface area (Å²) in [6.07, 6.45) is 9.05. The Morgan fingerprint density at radius 2 is 1.74 bits per heavy atom. The highest BCUT2D eigenvalue weighted by atomic mass is 35.5. The minimum atomic E-state index is 0.164. The third-order valence-corrected chi connectivity index (χ3v) is 8.23. The lowest BCUT2D eigenvalue weighted by molar-refractivity contribution is -0.112. The summed E-state index contributed by atoms with van der Waals surface area (Å²) in [7, 11) is 0. The standard InChI is InChI=1S/C29H36ClN3O/c1-2-26-29(34)20-23-9-8-21(18-27(23)31-26)19-28(22-10-12-24(30)13-11-22)33-16-14-32(15-17-33)25-6-4-3-5-7-25/h8-13,18,25,28H,2-7,14-17,19-20H2,1H3. The molecule has 2 aliphatic heterocycles. The quantitative estimate of drug-likeness (QED) is 0.498. The molecule has 0 radical (unpaired) electrons. The molecule has 5 rings (SSSR count). The minimum absolute atomic E-state index is 0.164. The summed E-state index contributed by atoms with van der Waals surface area (Å²) in [5.41, 5.74) is 5.34. The van der Waals surface area contributed by atoms with Gasteiger partial charge in [0.25, 0.3) is 0 Å². The second-order valence-corrected chi connectivity index (χ2v) is 10.5. The van der Waals surface area contributed by atoms with Crippen LogP contribution in [0.15, 0.2) is 47.5 Å². The second kappa shape index (κ2) is 10.7. The summed E-state index contributed by atoms with van der Waals surface area (Å²) in [4.78, 5) is 22.4. The number of piperazine rings is 1. The topological polar surface area (TPSA) is 35.9 Å². The predicted octanol–water partition coefficient (Wildman–Crippen LogP) is 6.18. The Bertz CT molecular complexity index is 1030. The number of benzene rings is 2. The van der Waals surface area contributed by atoms with E-state index in [1.54, 1.807) is 0 Å². The molecule has 1 aliphatic carbocycles. The van der Waals surface area contributed by atoms with Crippen molar-refractivity contribution in [3.63, 3.8) is 0 Å². The number of Topliss-reactive ketones (excluding diaryl/α,β-unsaturated/α-hetero) is 1. The highest BCUT2D eigenvalue weighted by Crippen LogP contribution is 2.32. The van der Waals surface area contributed by atoms with E-state index in [1.807, 2.05) is 19.1 Å². The minimum Gasteiger partial charge on any atom is -0.298 e. The molecule has 5 heteroatoms. The summed E-state index contributed by atoms with van der Waals surface area (Å²) in [5.74, 6) is 0.164. The molecule has 1 unspecified atom stereocenters. The predicted molar refractivity (Wildman–Crippen MR) is 140 cm³/mol. The Morgan fingerprint density at radius 1 is 1.00 bits per heavy atom. The maximum atomic E-state index is 12.3. The summed E-state index contributed by atoms with van der Waals surface area (Å²) in [6.45, 7) is 6.52. The summed E-state index contributed by atoms with van der Waals surface area (Å²) >= 11 is 6.22. The van der Waals surface area contributed by atoms with Crippen LogP contribution in [0.3, 0.4) is 0 Å². The number of carbonyl (C=O) groups excluding carboxylic acids is 1. The number of aliphatic imine (C=N–C) groups is 1. The normalized spacial score (nSPS) is 21.2. The van der Waals surface area contributed by atoms with E-state index in [2.05, 4.69) is 40.1 Å².